The summed E-state index contributed by atoms with van der Waals surface area (Å²) < 4.78 is 10.5. The van der Waals surface area contributed by atoms with Crippen LogP contribution in [0.5, 0.6) is 5.75 Å². The maximum atomic E-state index is 5.63. The van der Waals surface area contributed by atoms with Crippen LogP contribution >= 0.6 is 0 Å². The van der Waals surface area contributed by atoms with Crippen molar-refractivity contribution in [1.82, 2.24) is 5.16 Å². The van der Waals surface area contributed by atoms with Crippen LogP contribution in [0.25, 0.3) is 11.0 Å². The van der Waals surface area contributed by atoms with Gasteiger partial charge in [0.15, 0.2) is 11.4 Å². The number of nitrogens with zero attached hydrogens (tertiary/aromatic N) is 1. The van der Waals surface area contributed by atoms with E-state index in [1.165, 1.54) is 0 Å². The summed E-state index contributed by atoms with van der Waals surface area (Å²) in [6.07, 6.45) is 0. The molecule has 1 aromatic carbocycles. The van der Waals surface area contributed by atoms with Gasteiger partial charge < -0.3 is 20.3 Å². The molecule has 3 rings (SSSR count). The van der Waals surface area contributed by atoms with E-state index in [-0.39, 0.29) is 0 Å². The van der Waals surface area contributed by atoms with Crippen molar-refractivity contribution in [3.8, 4) is 5.75 Å². The van der Waals surface area contributed by atoms with Gasteiger partial charge in [-0.05, 0) is 6.07 Å². The average Bonchev–Trinajstić information content (AvgIpc) is 2.57. The fourth-order valence-electron chi connectivity index (χ4n) is 1.59. The first-order chi connectivity index (χ1) is 6.84. The van der Waals surface area contributed by atoms with E-state index in [9.17, 15) is 0 Å². The zero-order valence-electron chi connectivity index (χ0n) is 7.41. The van der Waals surface area contributed by atoms with Crippen LogP contribution in [0.15, 0.2) is 16.7 Å². The van der Waals surface area contributed by atoms with Crippen molar-refractivity contribution in [3.05, 3.63) is 12.1 Å². The number of rotatable bonds is 0. The van der Waals surface area contributed by atoms with E-state index in [0.29, 0.717) is 18.0 Å². The Morgan fingerprint density at radius 2 is 2.36 bits per heavy atom. The summed E-state index contributed by atoms with van der Waals surface area (Å²) in [7, 11) is 0. The molecule has 0 bridgehead atoms. The summed E-state index contributed by atoms with van der Waals surface area (Å²) in [4.78, 5) is 0. The highest BCUT2D eigenvalue weighted by Crippen LogP contribution is 2.34. The second-order valence-electron chi connectivity index (χ2n) is 3.19. The predicted octanol–water partition coefficient (Wildman–Crippen LogP) is 1.21. The normalized spacial score (nSPS) is 14.6. The van der Waals surface area contributed by atoms with Crippen LogP contribution < -0.4 is 15.8 Å². The van der Waals surface area contributed by atoms with Gasteiger partial charge in [-0.2, -0.15) is 0 Å². The molecule has 0 spiro atoms. The molecular weight excluding hydrogens is 182 g/mol. The third kappa shape index (κ3) is 0.921. The second kappa shape index (κ2) is 2.54. The molecule has 2 aromatic rings. The first kappa shape index (κ1) is 7.49. The zero-order chi connectivity index (χ0) is 9.54. The number of hydrogen-bond donors (Lipinski definition) is 2. The van der Waals surface area contributed by atoms with Crippen molar-refractivity contribution in [1.29, 1.82) is 0 Å². The van der Waals surface area contributed by atoms with E-state index in [0.717, 1.165) is 23.4 Å². The van der Waals surface area contributed by atoms with E-state index in [1.807, 2.05) is 12.1 Å². The van der Waals surface area contributed by atoms with Gasteiger partial charge in [-0.25, -0.2) is 0 Å². The molecule has 0 aliphatic carbocycles. The molecule has 72 valence electrons. The summed E-state index contributed by atoms with van der Waals surface area (Å²) in [6.45, 7) is 1.48. The highest BCUT2D eigenvalue weighted by atomic mass is 16.5. The monoisotopic (exact) mass is 191 g/mol. The molecule has 0 saturated heterocycles. The van der Waals surface area contributed by atoms with Gasteiger partial charge in [-0.1, -0.05) is 5.16 Å². The Morgan fingerprint density at radius 1 is 1.43 bits per heavy atom. The van der Waals surface area contributed by atoms with Crippen molar-refractivity contribution in [3.63, 3.8) is 0 Å². The Hall–Kier alpha value is -1.91. The minimum atomic E-state index is 0.400. The number of anilines is 2. The van der Waals surface area contributed by atoms with Crippen molar-refractivity contribution in [2.75, 3.05) is 24.2 Å². The smallest absolute Gasteiger partial charge is 0.174 e. The third-order valence-corrected chi connectivity index (χ3v) is 2.28. The lowest BCUT2D eigenvalue weighted by Gasteiger charge is -2.18. The lowest BCUT2D eigenvalue weighted by molar-refractivity contribution is 0.323. The highest BCUT2D eigenvalue weighted by molar-refractivity contribution is 5.91. The molecule has 1 aliphatic heterocycles. The van der Waals surface area contributed by atoms with Crippen LogP contribution in [-0.4, -0.2) is 18.3 Å². The van der Waals surface area contributed by atoms with Crippen molar-refractivity contribution in [2.24, 2.45) is 0 Å². The molecule has 0 atom stereocenters. The van der Waals surface area contributed by atoms with Gasteiger partial charge in [-0.15, -0.1) is 0 Å². The minimum absolute atomic E-state index is 0.400. The Bertz CT molecular complexity index is 492. The first-order valence-electron chi connectivity index (χ1n) is 4.40. The molecule has 5 nitrogen and oxygen atoms in total. The number of nitrogens with one attached hydrogen (secondary N) is 1. The topological polar surface area (TPSA) is 73.3 Å². The Balaban J connectivity index is 2.29. The highest BCUT2D eigenvalue weighted by Gasteiger charge is 2.14. The number of ether oxygens (including phenoxy) is 1. The van der Waals surface area contributed by atoms with Gasteiger partial charge in [0.2, 0.25) is 0 Å². The summed E-state index contributed by atoms with van der Waals surface area (Å²) >= 11 is 0. The van der Waals surface area contributed by atoms with E-state index in [4.69, 9.17) is 15.0 Å². The molecule has 14 heavy (non-hydrogen) atoms. The zero-order valence-corrected chi connectivity index (χ0v) is 7.41. The molecule has 5 heteroatoms. The summed E-state index contributed by atoms with van der Waals surface area (Å²) in [5.74, 6) is 1.20. The average molecular weight is 191 g/mol. The molecule has 2 heterocycles. The molecule has 1 aromatic heterocycles. The molecule has 1 aliphatic rings. The SMILES string of the molecule is Nc1noc2cc3c(cc12)OCCN3. The summed E-state index contributed by atoms with van der Waals surface area (Å²) in [6, 6.07) is 3.70. The number of nitrogens with two attached hydrogens (primary N) is 1. The lowest BCUT2D eigenvalue weighted by Crippen LogP contribution is -2.17. The molecule has 0 radical (unpaired) electrons. The Morgan fingerprint density at radius 3 is 3.29 bits per heavy atom. The number of benzene rings is 1. The quantitative estimate of drug-likeness (QED) is 0.654. The maximum absolute atomic E-state index is 5.63. The molecule has 0 fully saturated rings. The van der Waals surface area contributed by atoms with Crippen LogP contribution in [-0.2, 0) is 0 Å². The van der Waals surface area contributed by atoms with E-state index in [1.54, 1.807) is 0 Å². The molecule has 0 saturated carbocycles. The minimum Gasteiger partial charge on any atom is -0.490 e. The van der Waals surface area contributed by atoms with E-state index in [2.05, 4.69) is 10.5 Å². The predicted molar refractivity (Wildman–Crippen MR) is 52.4 cm³/mol. The first-order valence-corrected chi connectivity index (χ1v) is 4.40. The van der Waals surface area contributed by atoms with Crippen LogP contribution in [0.3, 0.4) is 0 Å². The maximum Gasteiger partial charge on any atom is 0.174 e. The van der Waals surface area contributed by atoms with Crippen molar-refractivity contribution < 1.29 is 9.26 Å². The molecule has 3 N–H and O–H groups in total. The van der Waals surface area contributed by atoms with Crippen LogP contribution in [0.1, 0.15) is 0 Å². The van der Waals surface area contributed by atoms with E-state index < -0.39 is 0 Å². The second-order valence-corrected chi connectivity index (χ2v) is 3.19. The summed E-state index contributed by atoms with van der Waals surface area (Å²) in [5.41, 5.74) is 7.24. The van der Waals surface area contributed by atoms with Gasteiger partial charge >= 0.3 is 0 Å². The van der Waals surface area contributed by atoms with Crippen LogP contribution in [0.2, 0.25) is 0 Å². The molecular formula is C9H9N3O2. The van der Waals surface area contributed by atoms with Crippen LogP contribution in [0, 0.1) is 0 Å². The standard InChI is InChI=1S/C9H9N3O2/c10-9-5-3-8-6(11-1-2-13-8)4-7(5)14-12-9/h3-4,11H,1-2H2,(H2,10,12). The Labute approximate surface area is 79.8 Å². The molecule has 0 unspecified atom stereocenters. The van der Waals surface area contributed by atoms with Crippen molar-refractivity contribution >= 4 is 22.5 Å². The molecule has 0 amide bonds. The number of aromatic nitrogens is 1. The van der Waals surface area contributed by atoms with Gasteiger partial charge in [-0.3, -0.25) is 0 Å². The third-order valence-electron chi connectivity index (χ3n) is 2.28. The summed E-state index contributed by atoms with van der Waals surface area (Å²) in [5, 5.41) is 7.70. The van der Waals surface area contributed by atoms with Gasteiger partial charge in [0.25, 0.3) is 0 Å². The number of fused-ring (bicyclic) bond motifs is 2. The van der Waals surface area contributed by atoms with Gasteiger partial charge in [0, 0.05) is 12.6 Å². The van der Waals surface area contributed by atoms with E-state index >= 15 is 0 Å². The van der Waals surface area contributed by atoms with Crippen molar-refractivity contribution in [2.45, 2.75) is 0 Å². The van der Waals surface area contributed by atoms with Gasteiger partial charge in [0.1, 0.15) is 12.4 Å². The fourth-order valence-corrected chi connectivity index (χ4v) is 1.59. The number of nitrogen functional groups attached to an aromatic ring is 1. The Kier molecular flexibility index (Phi) is 1.36. The van der Waals surface area contributed by atoms with Gasteiger partial charge in [0.05, 0.1) is 11.1 Å². The van der Waals surface area contributed by atoms with Crippen LogP contribution in [0.4, 0.5) is 11.5 Å². The fraction of sp³-hybridized carbons (Fsp3) is 0.222. The number of hydrogen-bond acceptors (Lipinski definition) is 5. The lowest BCUT2D eigenvalue weighted by atomic mass is 10.2. The largest absolute Gasteiger partial charge is 0.490 e.